The van der Waals surface area contributed by atoms with Gasteiger partial charge in [-0.25, -0.2) is 18.4 Å². The van der Waals surface area contributed by atoms with Gasteiger partial charge >= 0.3 is 48.3 Å². The zero-order chi connectivity index (χ0) is 45.5. The second kappa shape index (κ2) is 23.2. The minimum absolute atomic E-state index is 0. The van der Waals surface area contributed by atoms with Crippen molar-refractivity contribution in [2.75, 3.05) is 65.2 Å². The van der Waals surface area contributed by atoms with Crippen LogP contribution in [0.3, 0.4) is 0 Å². The van der Waals surface area contributed by atoms with E-state index in [0.29, 0.717) is 129 Å². The Bertz CT molecular complexity index is 3380. The van der Waals surface area contributed by atoms with Crippen LogP contribution in [-0.2, 0) is 39.7 Å². The molecule has 0 bridgehead atoms. The summed E-state index contributed by atoms with van der Waals surface area (Å²) < 4.78 is 82.0. The molecule has 0 aliphatic rings. The molecule has 0 saturated heterocycles. The van der Waals surface area contributed by atoms with Crippen molar-refractivity contribution in [2.45, 2.75) is 25.7 Å². The molecule has 4 aromatic carbocycles. The average molecular weight is 930 g/mol. The quantitative estimate of drug-likeness (QED) is 0.0192. The second-order valence-electron chi connectivity index (χ2n) is 14.5. The standard InChI is InChI=1S/C43H42N5O11S.2Li.O3S/c1-2-15-56-19-22-59-18-14-44-41(50)27-7-13-35-33(25-27)46-40-29-9-11-30-37-28(8-10-31(38(29)37)43(52)48(35)40)39-45-32-24-26(6-12-34(32)47(39)42(30)51)36(49)5-3-16-57-20-21-58-17-4-23-60(53,54)55;;;1-4(2)3/h6-13,24-25H,1-5,14-23H2,(H,44,50)(H,53,54,55);;;/q-1;2*+1;/p-1. The van der Waals surface area contributed by atoms with E-state index in [2.05, 4.69) is 12.2 Å². The largest absolute Gasteiger partial charge is 1.00 e. The van der Waals surface area contributed by atoms with Gasteiger partial charge in [-0.1, -0.05) is 0 Å². The molecule has 8 aromatic rings. The predicted molar refractivity (Wildman–Crippen MR) is 234 cm³/mol. The molecule has 0 aliphatic carbocycles. The number of hydrogen-bond acceptors (Lipinski definition) is 16. The first-order valence-electron chi connectivity index (χ1n) is 20.2. The molecule has 4 heterocycles. The molecular formula is C43H41Li2N5O14S2. The van der Waals surface area contributed by atoms with Crippen molar-refractivity contribution in [2.24, 2.45) is 0 Å². The molecule has 4 aromatic heterocycles. The minimum atomic E-state index is -4.26. The van der Waals surface area contributed by atoms with E-state index < -0.39 is 26.5 Å². The van der Waals surface area contributed by atoms with Crippen LogP contribution >= 0.6 is 0 Å². The van der Waals surface area contributed by atoms with Crippen LogP contribution in [0.2, 0.25) is 0 Å². The molecule has 66 heavy (non-hydrogen) atoms. The summed E-state index contributed by atoms with van der Waals surface area (Å²) in [6.45, 7) is 6.75. The first-order valence-corrected chi connectivity index (χ1v) is 22.7. The zero-order valence-corrected chi connectivity index (χ0v) is 37.8. The number of fused-ring (bicyclic) bond motifs is 8. The first-order chi connectivity index (χ1) is 30.8. The van der Waals surface area contributed by atoms with Crippen molar-refractivity contribution in [1.82, 2.24) is 24.1 Å². The summed E-state index contributed by atoms with van der Waals surface area (Å²) >= 11 is 0. The number of carbonyl (C=O) groups is 2. The van der Waals surface area contributed by atoms with Gasteiger partial charge in [0.1, 0.15) is 11.3 Å². The molecule has 0 unspecified atom stereocenters. The summed E-state index contributed by atoms with van der Waals surface area (Å²) in [5, 5.41) is 6.18. The van der Waals surface area contributed by atoms with Gasteiger partial charge in [-0.15, -0.1) is 12.6 Å². The number of nitrogens with zero attached hydrogens (tertiary/aromatic N) is 4. The van der Waals surface area contributed by atoms with Gasteiger partial charge in [0.25, 0.3) is 17.0 Å². The van der Waals surface area contributed by atoms with Crippen LogP contribution in [0.1, 0.15) is 46.4 Å². The molecule has 0 atom stereocenters. The monoisotopic (exact) mass is 929 g/mol. The van der Waals surface area contributed by atoms with Gasteiger partial charge in [-0.2, -0.15) is 6.42 Å². The van der Waals surface area contributed by atoms with E-state index in [1.165, 1.54) is 4.40 Å². The van der Waals surface area contributed by atoms with Gasteiger partial charge in [0.2, 0.25) is 0 Å². The maximum absolute atomic E-state index is 14.2. The van der Waals surface area contributed by atoms with Gasteiger partial charge in [0.05, 0.1) is 65.2 Å². The smallest absolute Gasteiger partial charge is 0.748 e. The number of hydrogen-bond donors (Lipinski definition) is 1. The fourth-order valence-corrected chi connectivity index (χ4v) is 8.09. The summed E-state index contributed by atoms with van der Waals surface area (Å²) in [7, 11) is -7.37. The third kappa shape index (κ3) is 11.6. The third-order valence-corrected chi connectivity index (χ3v) is 11.1. The Labute approximate surface area is 402 Å². The Balaban J connectivity index is 0.00000131. The van der Waals surface area contributed by atoms with Crippen LogP contribution in [-0.4, -0.2) is 121 Å². The Morgan fingerprint density at radius 3 is 1.62 bits per heavy atom. The normalized spacial score (nSPS) is 11.7. The van der Waals surface area contributed by atoms with Gasteiger partial charge < -0.3 is 35.7 Å². The molecule has 1 N–H and O–H groups in total. The molecule has 19 nitrogen and oxygen atoms in total. The van der Waals surface area contributed by atoms with E-state index in [4.69, 9.17) is 41.5 Å². The average Bonchev–Trinajstić information content (AvgIpc) is 3.85. The van der Waals surface area contributed by atoms with Gasteiger partial charge in [0.15, 0.2) is 5.78 Å². The zero-order valence-electron chi connectivity index (χ0n) is 36.2. The fourth-order valence-electron chi connectivity index (χ4n) is 7.61. The van der Waals surface area contributed by atoms with Crippen molar-refractivity contribution in [3.05, 3.63) is 99.4 Å². The molecular weight excluding hydrogens is 889 g/mol. The van der Waals surface area contributed by atoms with Crippen LogP contribution in [0.5, 0.6) is 0 Å². The summed E-state index contributed by atoms with van der Waals surface area (Å²) in [5.41, 5.74) is 3.04. The Hall–Kier alpha value is -4.88. The Kier molecular flexibility index (Phi) is 18.3. The van der Waals surface area contributed by atoms with E-state index in [0.717, 1.165) is 0 Å². The van der Waals surface area contributed by atoms with Crippen molar-refractivity contribution in [3.8, 4) is 0 Å². The second-order valence-corrected chi connectivity index (χ2v) is 16.5. The number of aromatic nitrogens is 4. The topological polar surface area (TPSA) is 260 Å². The van der Waals surface area contributed by atoms with Crippen LogP contribution in [0.25, 0.3) is 65.7 Å². The summed E-state index contributed by atoms with van der Waals surface area (Å²) in [6.07, 6.45) is 1.48. The van der Waals surface area contributed by atoms with Gasteiger partial charge in [0, 0.05) is 82.0 Å². The number of Topliss-reactive ketones (excluding diaryl/α,β-unsaturated/α-hetero) is 1. The molecule has 0 radical (unpaired) electrons. The Morgan fingerprint density at radius 2 is 1.11 bits per heavy atom. The van der Waals surface area contributed by atoms with Crippen LogP contribution in [0, 0.1) is 6.92 Å². The number of ketones is 1. The van der Waals surface area contributed by atoms with E-state index >= 15 is 0 Å². The summed E-state index contributed by atoms with van der Waals surface area (Å²) in [6, 6.07) is 17.2. The van der Waals surface area contributed by atoms with Gasteiger partial charge in [-0.05, 0) is 73.5 Å². The SMILES string of the molecule is O=S(=O)=O.[CH2-]CCOCCOCCNC(=O)c1ccc2c(c1)nc1c3ccc4c(=O)n5c6ccc(C(=O)CCCOCCOCCCS(=O)(=O)[O-])cc6nc5c5ccc(c(=O)n21)c3c45.[Li+].[Li+]. The number of imidazole rings is 2. The number of carbonyl (C=O) groups excluding carboxylic acids is 2. The number of pyridine rings is 2. The molecule has 0 fully saturated rings. The third-order valence-electron chi connectivity index (χ3n) is 10.3. The number of rotatable bonds is 21. The van der Waals surface area contributed by atoms with E-state index in [-0.39, 0.29) is 93.2 Å². The molecule has 1 amide bonds. The van der Waals surface area contributed by atoms with Crippen LogP contribution in [0.15, 0.2) is 70.3 Å². The number of ether oxygens (including phenoxy) is 4. The minimum Gasteiger partial charge on any atom is -0.748 e. The predicted octanol–water partition coefficient (Wildman–Crippen LogP) is -2.73. The van der Waals surface area contributed by atoms with Crippen molar-refractivity contribution >= 4 is 98.1 Å². The van der Waals surface area contributed by atoms with E-state index in [1.54, 1.807) is 65.1 Å². The Morgan fingerprint density at radius 1 is 0.652 bits per heavy atom. The van der Waals surface area contributed by atoms with Crippen LogP contribution < -0.4 is 54.2 Å². The molecule has 0 spiro atoms. The maximum atomic E-state index is 14.2. The van der Waals surface area contributed by atoms with Crippen molar-refractivity contribution in [1.29, 1.82) is 0 Å². The number of amides is 1. The van der Waals surface area contributed by atoms with Crippen molar-refractivity contribution in [3.63, 3.8) is 0 Å². The van der Waals surface area contributed by atoms with E-state index in [9.17, 15) is 32.1 Å². The summed E-state index contributed by atoms with van der Waals surface area (Å²) in [4.78, 5) is 64.3. The molecule has 8 rings (SSSR count). The molecule has 336 valence electrons. The van der Waals surface area contributed by atoms with Gasteiger partial charge in [-0.3, -0.25) is 28.0 Å². The summed E-state index contributed by atoms with van der Waals surface area (Å²) in [5.74, 6) is -0.889. The number of nitrogens with one attached hydrogen (secondary N) is 1. The van der Waals surface area contributed by atoms with E-state index in [1.807, 2.05) is 0 Å². The van der Waals surface area contributed by atoms with Crippen molar-refractivity contribution < 1.29 is 91.9 Å². The molecule has 23 heteroatoms. The molecule has 0 saturated carbocycles. The van der Waals surface area contributed by atoms with Crippen LogP contribution in [0.4, 0.5) is 0 Å². The fraction of sp³-hybridized carbons (Fsp3) is 0.326. The maximum Gasteiger partial charge on any atom is 1.00 e. The first kappa shape index (κ1) is 52.1. The molecule has 0 aliphatic heterocycles. The number of benzene rings is 4.